The molecule has 32 heavy (non-hydrogen) atoms. The highest BCUT2D eigenvalue weighted by Gasteiger charge is 2.46. The summed E-state index contributed by atoms with van der Waals surface area (Å²) in [4.78, 5) is 0. The van der Waals surface area contributed by atoms with Crippen molar-refractivity contribution in [2.24, 2.45) is 0 Å². The molecule has 0 spiro atoms. The summed E-state index contributed by atoms with van der Waals surface area (Å²) in [5, 5.41) is 0. The molecule has 1 unspecified atom stereocenters. The zero-order valence-electron chi connectivity index (χ0n) is 18.3. The average molecular weight is 411 g/mol. The highest BCUT2D eigenvalue weighted by atomic mass is 14.5. The Bertz CT molecular complexity index is 1300. The Kier molecular flexibility index (Phi) is 4.47. The molecule has 0 heteroatoms. The summed E-state index contributed by atoms with van der Waals surface area (Å²) in [7, 11) is 0. The molecule has 0 aliphatic heterocycles. The summed E-state index contributed by atoms with van der Waals surface area (Å²) in [6.07, 6.45) is 8.05. The van der Waals surface area contributed by atoms with E-state index < -0.39 is 0 Å². The minimum absolute atomic E-state index is 0.311. The van der Waals surface area contributed by atoms with Crippen molar-refractivity contribution in [2.45, 2.75) is 24.7 Å². The number of fused-ring (bicyclic) bond motifs is 3. The maximum atomic E-state index is 2.48. The summed E-state index contributed by atoms with van der Waals surface area (Å²) in [5.74, 6) is 0.428. The van der Waals surface area contributed by atoms with Gasteiger partial charge in [-0.15, -0.1) is 0 Å². The molecule has 0 saturated carbocycles. The number of hydrogen-bond donors (Lipinski definition) is 0. The third-order valence-corrected chi connectivity index (χ3v) is 7.20. The van der Waals surface area contributed by atoms with E-state index in [4.69, 9.17) is 0 Å². The van der Waals surface area contributed by atoms with Crippen LogP contribution in [0.1, 0.15) is 47.1 Å². The summed E-state index contributed by atoms with van der Waals surface area (Å²) in [5.41, 5.74) is 10.6. The zero-order chi connectivity index (χ0) is 21.5. The SMILES string of the molecule is CC1=CCC(c2ccc3c(c2)C(c2ccccc2)(c2ccccc2)c2ccccc2-3)C=C1. The topological polar surface area (TPSA) is 0 Å². The molecule has 0 heterocycles. The molecule has 1 atom stereocenters. The van der Waals surface area contributed by atoms with Gasteiger partial charge < -0.3 is 0 Å². The molecule has 0 N–H and O–H groups in total. The van der Waals surface area contributed by atoms with Crippen molar-refractivity contribution < 1.29 is 0 Å². The van der Waals surface area contributed by atoms with Crippen molar-refractivity contribution in [2.75, 3.05) is 0 Å². The second kappa shape index (κ2) is 7.50. The van der Waals surface area contributed by atoms with Gasteiger partial charge in [0.05, 0.1) is 5.41 Å². The molecule has 0 bridgehead atoms. The molecular weight excluding hydrogens is 384 g/mol. The first-order chi connectivity index (χ1) is 15.8. The van der Waals surface area contributed by atoms with Crippen molar-refractivity contribution in [1.29, 1.82) is 0 Å². The summed E-state index contributed by atoms with van der Waals surface area (Å²) in [6.45, 7) is 2.18. The molecule has 0 nitrogen and oxygen atoms in total. The third kappa shape index (κ3) is 2.76. The van der Waals surface area contributed by atoms with Crippen LogP contribution in [-0.4, -0.2) is 0 Å². The summed E-state index contributed by atoms with van der Waals surface area (Å²) in [6, 6.07) is 38.2. The molecular formula is C32H26. The van der Waals surface area contributed by atoms with Crippen LogP contribution in [0.25, 0.3) is 11.1 Å². The quantitative estimate of drug-likeness (QED) is 0.282. The van der Waals surface area contributed by atoms with E-state index in [2.05, 4.69) is 128 Å². The highest BCUT2D eigenvalue weighted by molar-refractivity contribution is 5.86. The molecule has 0 fully saturated rings. The minimum atomic E-state index is -0.311. The third-order valence-electron chi connectivity index (χ3n) is 7.20. The average Bonchev–Trinajstić information content (AvgIpc) is 3.16. The monoisotopic (exact) mass is 410 g/mol. The van der Waals surface area contributed by atoms with Gasteiger partial charge in [-0.05, 0) is 52.3 Å². The number of benzene rings is 4. The first-order valence-corrected chi connectivity index (χ1v) is 11.5. The van der Waals surface area contributed by atoms with Gasteiger partial charge >= 0.3 is 0 Å². The number of hydrogen-bond acceptors (Lipinski definition) is 0. The van der Waals surface area contributed by atoms with Crippen LogP contribution in [0, 0.1) is 0 Å². The van der Waals surface area contributed by atoms with Crippen molar-refractivity contribution in [1.82, 2.24) is 0 Å². The van der Waals surface area contributed by atoms with Gasteiger partial charge in [-0.25, -0.2) is 0 Å². The van der Waals surface area contributed by atoms with Crippen LogP contribution in [0.4, 0.5) is 0 Å². The van der Waals surface area contributed by atoms with E-state index in [1.807, 2.05) is 0 Å². The fourth-order valence-corrected chi connectivity index (χ4v) is 5.67. The van der Waals surface area contributed by atoms with Gasteiger partial charge in [0.2, 0.25) is 0 Å². The largest absolute Gasteiger partial charge is 0.0807 e. The van der Waals surface area contributed by atoms with Crippen LogP contribution in [0.15, 0.2) is 127 Å². The first-order valence-electron chi connectivity index (χ1n) is 11.5. The van der Waals surface area contributed by atoms with Gasteiger partial charge in [0, 0.05) is 5.92 Å². The van der Waals surface area contributed by atoms with Crippen LogP contribution in [-0.2, 0) is 5.41 Å². The lowest BCUT2D eigenvalue weighted by atomic mass is 9.67. The molecule has 0 aromatic heterocycles. The lowest BCUT2D eigenvalue weighted by Crippen LogP contribution is -2.28. The Labute approximate surface area is 190 Å². The smallest absolute Gasteiger partial charge is 0.0713 e. The summed E-state index contributed by atoms with van der Waals surface area (Å²) < 4.78 is 0. The maximum absolute atomic E-state index is 2.48. The van der Waals surface area contributed by atoms with Crippen LogP contribution in [0.3, 0.4) is 0 Å². The highest BCUT2D eigenvalue weighted by Crippen LogP contribution is 2.56. The zero-order valence-corrected chi connectivity index (χ0v) is 18.3. The molecule has 2 aliphatic carbocycles. The molecule has 0 radical (unpaired) electrons. The second-order valence-electron chi connectivity index (χ2n) is 8.98. The van der Waals surface area contributed by atoms with E-state index in [1.54, 1.807) is 0 Å². The van der Waals surface area contributed by atoms with E-state index in [-0.39, 0.29) is 5.41 Å². The van der Waals surface area contributed by atoms with Crippen molar-refractivity contribution in [3.05, 3.63) is 155 Å². The molecule has 154 valence electrons. The van der Waals surface area contributed by atoms with E-state index in [0.29, 0.717) is 5.92 Å². The minimum Gasteiger partial charge on any atom is -0.0807 e. The van der Waals surface area contributed by atoms with E-state index in [1.165, 1.54) is 44.5 Å². The van der Waals surface area contributed by atoms with E-state index >= 15 is 0 Å². The normalized spacial score (nSPS) is 18.0. The van der Waals surface area contributed by atoms with Gasteiger partial charge in [0.1, 0.15) is 0 Å². The molecule has 0 amide bonds. The van der Waals surface area contributed by atoms with E-state index in [0.717, 1.165) is 6.42 Å². The van der Waals surface area contributed by atoms with Gasteiger partial charge in [-0.3, -0.25) is 0 Å². The first kappa shape index (κ1) is 19.1. The van der Waals surface area contributed by atoms with Crippen molar-refractivity contribution >= 4 is 0 Å². The Morgan fingerprint density at radius 3 is 1.94 bits per heavy atom. The Morgan fingerprint density at radius 2 is 1.28 bits per heavy atom. The van der Waals surface area contributed by atoms with Crippen LogP contribution < -0.4 is 0 Å². The molecule has 2 aliphatic rings. The van der Waals surface area contributed by atoms with Gasteiger partial charge in [-0.2, -0.15) is 0 Å². The fraction of sp³-hybridized carbons (Fsp3) is 0.125. The van der Waals surface area contributed by atoms with Crippen LogP contribution in [0.2, 0.25) is 0 Å². The maximum Gasteiger partial charge on any atom is 0.0713 e. The summed E-state index contributed by atoms with van der Waals surface area (Å²) >= 11 is 0. The van der Waals surface area contributed by atoms with Crippen molar-refractivity contribution in [3.8, 4) is 11.1 Å². The van der Waals surface area contributed by atoms with Crippen LogP contribution in [0.5, 0.6) is 0 Å². The lowest BCUT2D eigenvalue weighted by Gasteiger charge is -2.34. The van der Waals surface area contributed by atoms with Crippen molar-refractivity contribution in [3.63, 3.8) is 0 Å². The number of allylic oxidation sites excluding steroid dienone is 4. The van der Waals surface area contributed by atoms with Crippen LogP contribution >= 0.6 is 0 Å². The molecule has 4 aromatic carbocycles. The molecule has 6 rings (SSSR count). The van der Waals surface area contributed by atoms with Gasteiger partial charge in [0.15, 0.2) is 0 Å². The molecule has 4 aromatic rings. The van der Waals surface area contributed by atoms with Gasteiger partial charge in [0.25, 0.3) is 0 Å². The second-order valence-corrected chi connectivity index (χ2v) is 8.98. The number of rotatable bonds is 3. The molecule has 0 saturated heterocycles. The Morgan fingerprint density at radius 1 is 0.656 bits per heavy atom. The van der Waals surface area contributed by atoms with E-state index in [9.17, 15) is 0 Å². The predicted molar refractivity (Wildman–Crippen MR) is 134 cm³/mol. The fourth-order valence-electron chi connectivity index (χ4n) is 5.67. The lowest BCUT2D eigenvalue weighted by molar-refractivity contribution is 0.761. The predicted octanol–water partition coefficient (Wildman–Crippen LogP) is 8.04. The van der Waals surface area contributed by atoms with Gasteiger partial charge in [-0.1, -0.05) is 127 Å². The Balaban J connectivity index is 1.67. The Hall–Kier alpha value is -3.64. The standard InChI is InChI=1S/C32H26/c1-23-16-18-24(19-17-23)25-20-21-29-28-14-8-9-15-30(28)32(31(29)22-25,26-10-4-2-5-11-26)27-12-6-3-7-13-27/h2-18,20-22,24H,19H2,1H3.